The lowest BCUT2D eigenvalue weighted by Crippen LogP contribution is -2.46. The molecule has 0 bridgehead atoms. The van der Waals surface area contributed by atoms with Gasteiger partial charge in [-0.05, 0) is 25.5 Å². The maximum absolute atomic E-state index is 12.1. The van der Waals surface area contributed by atoms with Crippen LogP contribution in [0.1, 0.15) is 21.5 Å². The van der Waals surface area contributed by atoms with Crippen molar-refractivity contribution in [1.82, 2.24) is 15.5 Å². The number of nitrogens with zero attached hydrogens (tertiary/aromatic N) is 1. The summed E-state index contributed by atoms with van der Waals surface area (Å²) in [5, 5.41) is 6.33. The number of hydrogen-bond acceptors (Lipinski definition) is 3. The fraction of sp³-hybridized carbons (Fsp3) is 0.533. The van der Waals surface area contributed by atoms with Gasteiger partial charge in [-0.3, -0.25) is 9.69 Å². The first-order valence-electron chi connectivity index (χ1n) is 6.95. The number of hydrogen-bond donors (Lipinski definition) is 2. The van der Waals surface area contributed by atoms with Crippen molar-refractivity contribution in [3.63, 3.8) is 0 Å². The molecule has 0 radical (unpaired) electrons. The number of piperazine rings is 1. The van der Waals surface area contributed by atoms with Gasteiger partial charge in [0, 0.05) is 44.8 Å². The van der Waals surface area contributed by atoms with Gasteiger partial charge >= 0.3 is 0 Å². The Kier molecular flexibility index (Phi) is 4.93. The van der Waals surface area contributed by atoms with E-state index in [1.54, 1.807) is 0 Å². The summed E-state index contributed by atoms with van der Waals surface area (Å²) in [5.41, 5.74) is 3.01. The zero-order chi connectivity index (χ0) is 13.7. The van der Waals surface area contributed by atoms with E-state index in [-0.39, 0.29) is 5.91 Å². The van der Waals surface area contributed by atoms with Crippen LogP contribution in [-0.4, -0.2) is 50.1 Å². The lowest BCUT2D eigenvalue weighted by Gasteiger charge is -2.27. The molecule has 0 aromatic heterocycles. The highest BCUT2D eigenvalue weighted by atomic mass is 16.1. The minimum absolute atomic E-state index is 0.0348. The summed E-state index contributed by atoms with van der Waals surface area (Å²) in [4.78, 5) is 14.5. The highest BCUT2D eigenvalue weighted by molar-refractivity contribution is 5.95. The van der Waals surface area contributed by atoms with E-state index >= 15 is 0 Å². The average molecular weight is 261 g/mol. The van der Waals surface area contributed by atoms with Crippen LogP contribution in [0.5, 0.6) is 0 Å². The molecule has 104 valence electrons. The number of aryl methyl sites for hydroxylation is 2. The summed E-state index contributed by atoms with van der Waals surface area (Å²) in [6.45, 7) is 9.90. The van der Waals surface area contributed by atoms with E-state index in [0.29, 0.717) is 6.54 Å². The Balaban J connectivity index is 1.80. The number of carbonyl (C=O) groups excluding carboxylic acids is 1. The standard InChI is InChI=1S/C15H23N3O/c1-12-3-4-14(13(2)11-12)15(19)17-7-10-18-8-5-16-6-9-18/h3-4,11,16H,5-10H2,1-2H3,(H,17,19). The number of rotatable bonds is 4. The summed E-state index contributed by atoms with van der Waals surface area (Å²) >= 11 is 0. The van der Waals surface area contributed by atoms with E-state index in [1.807, 2.05) is 32.0 Å². The fourth-order valence-corrected chi connectivity index (χ4v) is 2.43. The van der Waals surface area contributed by atoms with Crippen molar-refractivity contribution in [2.45, 2.75) is 13.8 Å². The van der Waals surface area contributed by atoms with Gasteiger partial charge < -0.3 is 10.6 Å². The van der Waals surface area contributed by atoms with Crippen molar-refractivity contribution in [1.29, 1.82) is 0 Å². The van der Waals surface area contributed by atoms with Gasteiger partial charge in [0.15, 0.2) is 0 Å². The van der Waals surface area contributed by atoms with Gasteiger partial charge in [-0.1, -0.05) is 17.7 Å². The second-order valence-corrected chi connectivity index (χ2v) is 5.17. The number of nitrogens with one attached hydrogen (secondary N) is 2. The van der Waals surface area contributed by atoms with Crippen LogP contribution in [0.3, 0.4) is 0 Å². The molecule has 1 aromatic carbocycles. The molecular formula is C15H23N3O. The van der Waals surface area contributed by atoms with E-state index in [1.165, 1.54) is 5.56 Å². The molecule has 2 N–H and O–H groups in total. The van der Waals surface area contributed by atoms with Gasteiger partial charge in [0.1, 0.15) is 0 Å². The largest absolute Gasteiger partial charge is 0.351 e. The maximum atomic E-state index is 12.1. The highest BCUT2D eigenvalue weighted by Gasteiger charge is 2.11. The van der Waals surface area contributed by atoms with Crippen LogP contribution < -0.4 is 10.6 Å². The van der Waals surface area contributed by atoms with Crippen LogP contribution in [0, 0.1) is 13.8 Å². The average Bonchev–Trinajstić information content (AvgIpc) is 2.39. The van der Waals surface area contributed by atoms with Gasteiger partial charge in [0.05, 0.1) is 0 Å². The summed E-state index contributed by atoms with van der Waals surface area (Å²) in [6.07, 6.45) is 0. The second-order valence-electron chi connectivity index (χ2n) is 5.17. The van der Waals surface area contributed by atoms with E-state index in [0.717, 1.165) is 43.9 Å². The normalized spacial score (nSPS) is 16.3. The molecule has 4 heteroatoms. The Morgan fingerprint density at radius 1 is 1.32 bits per heavy atom. The van der Waals surface area contributed by atoms with Crippen molar-refractivity contribution in [2.75, 3.05) is 39.3 Å². The van der Waals surface area contributed by atoms with Gasteiger partial charge in [0.25, 0.3) is 5.91 Å². The molecular weight excluding hydrogens is 238 g/mol. The third-order valence-electron chi connectivity index (χ3n) is 3.55. The lowest BCUT2D eigenvalue weighted by atomic mass is 10.1. The predicted molar refractivity (Wildman–Crippen MR) is 77.6 cm³/mol. The Morgan fingerprint density at radius 2 is 2.05 bits per heavy atom. The first-order valence-corrected chi connectivity index (χ1v) is 6.95. The topological polar surface area (TPSA) is 44.4 Å². The minimum Gasteiger partial charge on any atom is -0.351 e. The van der Waals surface area contributed by atoms with Crippen molar-refractivity contribution in [3.05, 3.63) is 34.9 Å². The molecule has 1 heterocycles. The molecule has 0 spiro atoms. The van der Waals surface area contributed by atoms with Crippen LogP contribution in [0.15, 0.2) is 18.2 Å². The number of amides is 1. The van der Waals surface area contributed by atoms with Crippen LogP contribution in [0.4, 0.5) is 0 Å². The van der Waals surface area contributed by atoms with E-state index in [9.17, 15) is 4.79 Å². The third kappa shape index (κ3) is 4.04. The van der Waals surface area contributed by atoms with Gasteiger partial charge in [-0.15, -0.1) is 0 Å². The van der Waals surface area contributed by atoms with Crippen molar-refractivity contribution in [3.8, 4) is 0 Å². The summed E-state index contributed by atoms with van der Waals surface area (Å²) < 4.78 is 0. The SMILES string of the molecule is Cc1ccc(C(=O)NCCN2CCNCC2)c(C)c1. The first-order chi connectivity index (χ1) is 9.16. The minimum atomic E-state index is 0.0348. The summed E-state index contributed by atoms with van der Waals surface area (Å²) in [5.74, 6) is 0.0348. The van der Waals surface area contributed by atoms with Crippen LogP contribution >= 0.6 is 0 Å². The molecule has 1 fully saturated rings. The lowest BCUT2D eigenvalue weighted by molar-refractivity contribution is 0.0946. The molecule has 1 saturated heterocycles. The smallest absolute Gasteiger partial charge is 0.251 e. The van der Waals surface area contributed by atoms with E-state index in [2.05, 4.69) is 15.5 Å². The van der Waals surface area contributed by atoms with Gasteiger partial charge in [-0.25, -0.2) is 0 Å². The monoisotopic (exact) mass is 261 g/mol. The molecule has 1 aliphatic heterocycles. The van der Waals surface area contributed by atoms with Crippen molar-refractivity contribution >= 4 is 5.91 Å². The fourth-order valence-electron chi connectivity index (χ4n) is 2.43. The zero-order valence-corrected chi connectivity index (χ0v) is 11.8. The molecule has 1 amide bonds. The van der Waals surface area contributed by atoms with Crippen LogP contribution in [0.25, 0.3) is 0 Å². The molecule has 19 heavy (non-hydrogen) atoms. The van der Waals surface area contributed by atoms with Crippen LogP contribution in [0.2, 0.25) is 0 Å². The first kappa shape index (κ1) is 14.0. The Bertz CT molecular complexity index is 439. The molecule has 0 unspecified atom stereocenters. The zero-order valence-electron chi connectivity index (χ0n) is 11.8. The van der Waals surface area contributed by atoms with Crippen molar-refractivity contribution in [2.24, 2.45) is 0 Å². The molecule has 2 rings (SSSR count). The number of benzene rings is 1. The third-order valence-corrected chi connectivity index (χ3v) is 3.55. The van der Waals surface area contributed by atoms with Crippen molar-refractivity contribution < 1.29 is 4.79 Å². The second kappa shape index (κ2) is 6.68. The molecule has 0 atom stereocenters. The molecule has 1 aromatic rings. The number of carbonyl (C=O) groups is 1. The predicted octanol–water partition coefficient (Wildman–Crippen LogP) is 0.938. The maximum Gasteiger partial charge on any atom is 0.251 e. The molecule has 4 nitrogen and oxygen atoms in total. The van der Waals surface area contributed by atoms with Gasteiger partial charge in [0.2, 0.25) is 0 Å². The van der Waals surface area contributed by atoms with E-state index in [4.69, 9.17) is 0 Å². The Labute approximate surface area is 115 Å². The summed E-state index contributed by atoms with van der Waals surface area (Å²) in [7, 11) is 0. The summed E-state index contributed by atoms with van der Waals surface area (Å²) in [6, 6.07) is 5.94. The van der Waals surface area contributed by atoms with Gasteiger partial charge in [-0.2, -0.15) is 0 Å². The highest BCUT2D eigenvalue weighted by Crippen LogP contribution is 2.10. The molecule has 1 aliphatic rings. The quantitative estimate of drug-likeness (QED) is 0.848. The molecule has 0 aliphatic carbocycles. The van der Waals surface area contributed by atoms with Crippen LogP contribution in [-0.2, 0) is 0 Å². The Morgan fingerprint density at radius 3 is 2.74 bits per heavy atom. The Hall–Kier alpha value is -1.39. The molecule has 0 saturated carbocycles. The van der Waals surface area contributed by atoms with E-state index < -0.39 is 0 Å².